The number of urea groups is 1. The lowest BCUT2D eigenvalue weighted by molar-refractivity contribution is 0.151. The Balaban J connectivity index is 1.27. The molecule has 9 heteroatoms. The number of benzene rings is 2. The highest BCUT2D eigenvalue weighted by molar-refractivity contribution is 7.84. The lowest BCUT2D eigenvalue weighted by atomic mass is 9.80. The van der Waals surface area contributed by atoms with Crippen LogP contribution in [0.2, 0.25) is 0 Å². The number of aliphatic hydroxyl groups excluding tert-OH is 1. The summed E-state index contributed by atoms with van der Waals surface area (Å²) in [6.45, 7) is 2.87. The highest BCUT2D eigenvalue weighted by atomic mass is 32.2. The molecule has 2 N–H and O–H groups in total. The molecular formula is C28H35F2N3O3S. The number of anilines is 1. The fraction of sp³-hybridized carbons (Fsp3) is 0.536. The first-order valence-electron chi connectivity index (χ1n) is 13.1. The van der Waals surface area contributed by atoms with Crippen molar-refractivity contribution in [2.45, 2.75) is 61.0 Å². The Morgan fingerprint density at radius 1 is 1.22 bits per heavy atom. The molecule has 3 aliphatic rings. The summed E-state index contributed by atoms with van der Waals surface area (Å²) in [5.41, 5.74) is 1.58. The minimum absolute atomic E-state index is 0.0542. The SMILES string of the molecule is CS(=O)c1cccc([C@]23CCC(N(CCCN4CC[C@H](O)C4)C(=O)Nc4ccc(F)c(F)c4)C[C@@H]2C3)c1. The van der Waals surface area contributed by atoms with Crippen LogP contribution in [-0.4, -0.2) is 69.7 Å². The molecular weight excluding hydrogens is 496 g/mol. The molecule has 0 spiro atoms. The van der Waals surface area contributed by atoms with E-state index in [1.165, 1.54) is 11.6 Å². The van der Waals surface area contributed by atoms with Crippen molar-refractivity contribution in [3.05, 3.63) is 59.7 Å². The van der Waals surface area contributed by atoms with E-state index in [4.69, 9.17) is 0 Å². The number of hydrogen-bond donors (Lipinski definition) is 2. The molecule has 5 atom stereocenters. The topological polar surface area (TPSA) is 72.9 Å². The molecule has 2 aromatic carbocycles. The van der Waals surface area contributed by atoms with Crippen LogP contribution in [0.15, 0.2) is 47.4 Å². The Kier molecular flexibility index (Phi) is 7.65. The summed E-state index contributed by atoms with van der Waals surface area (Å²) in [6.07, 6.45) is 6.72. The molecule has 2 aliphatic carbocycles. The molecule has 3 fully saturated rings. The van der Waals surface area contributed by atoms with Crippen LogP contribution in [0, 0.1) is 17.6 Å². The predicted octanol–water partition coefficient (Wildman–Crippen LogP) is 4.50. The number of hydrogen-bond acceptors (Lipinski definition) is 4. The van der Waals surface area contributed by atoms with Crippen LogP contribution in [0.1, 0.15) is 44.1 Å². The van der Waals surface area contributed by atoms with E-state index in [2.05, 4.69) is 22.3 Å². The molecule has 6 nitrogen and oxygen atoms in total. The minimum atomic E-state index is -1.03. The summed E-state index contributed by atoms with van der Waals surface area (Å²) in [7, 11) is -1.03. The van der Waals surface area contributed by atoms with E-state index >= 15 is 0 Å². The first-order chi connectivity index (χ1) is 17.7. The van der Waals surface area contributed by atoms with Gasteiger partial charge in [0, 0.05) is 59.4 Å². The van der Waals surface area contributed by atoms with Gasteiger partial charge in [-0.05, 0) is 86.2 Å². The van der Waals surface area contributed by atoms with Crippen LogP contribution in [0.3, 0.4) is 0 Å². The molecule has 1 aliphatic heterocycles. The average Bonchev–Trinajstić information content (AvgIpc) is 3.48. The van der Waals surface area contributed by atoms with Gasteiger partial charge in [-0.25, -0.2) is 13.6 Å². The normalized spacial score (nSPS) is 27.9. The molecule has 5 rings (SSSR count). The summed E-state index contributed by atoms with van der Waals surface area (Å²) in [5.74, 6) is -1.48. The van der Waals surface area contributed by atoms with Crippen molar-refractivity contribution in [3.63, 3.8) is 0 Å². The zero-order chi connectivity index (χ0) is 26.2. The number of β-amino-alcohol motifs (C(OH)–C–C–N with tert-alkyl or cyclic N) is 1. The largest absolute Gasteiger partial charge is 0.392 e. The van der Waals surface area contributed by atoms with Gasteiger partial charge in [-0.1, -0.05) is 12.1 Å². The zero-order valence-electron chi connectivity index (χ0n) is 21.2. The average molecular weight is 532 g/mol. The molecule has 0 aromatic heterocycles. The molecule has 200 valence electrons. The van der Waals surface area contributed by atoms with E-state index in [1.54, 1.807) is 6.26 Å². The van der Waals surface area contributed by atoms with Crippen LogP contribution >= 0.6 is 0 Å². The van der Waals surface area contributed by atoms with Crippen molar-refractivity contribution in [2.75, 3.05) is 37.8 Å². The van der Waals surface area contributed by atoms with Gasteiger partial charge in [-0.15, -0.1) is 0 Å². The summed E-state index contributed by atoms with van der Waals surface area (Å²) in [6, 6.07) is 11.3. The third-order valence-corrected chi connectivity index (χ3v) is 9.36. The number of fused-ring (bicyclic) bond motifs is 1. The number of aliphatic hydroxyl groups is 1. The fourth-order valence-corrected chi connectivity index (χ4v) is 6.89. The smallest absolute Gasteiger partial charge is 0.322 e. The summed E-state index contributed by atoms with van der Waals surface area (Å²) >= 11 is 0. The van der Waals surface area contributed by atoms with Crippen molar-refractivity contribution in [1.29, 1.82) is 0 Å². The van der Waals surface area contributed by atoms with Gasteiger partial charge in [0.05, 0.1) is 6.10 Å². The third kappa shape index (κ3) is 5.73. The zero-order valence-corrected chi connectivity index (χ0v) is 22.0. The van der Waals surface area contributed by atoms with Gasteiger partial charge in [0.1, 0.15) is 0 Å². The van der Waals surface area contributed by atoms with Gasteiger partial charge in [-0.2, -0.15) is 0 Å². The number of halogens is 2. The highest BCUT2D eigenvalue weighted by Crippen LogP contribution is 2.63. The van der Waals surface area contributed by atoms with Crippen molar-refractivity contribution in [1.82, 2.24) is 9.80 Å². The van der Waals surface area contributed by atoms with Crippen molar-refractivity contribution in [2.24, 2.45) is 5.92 Å². The summed E-state index contributed by atoms with van der Waals surface area (Å²) in [5, 5.41) is 12.6. The maximum Gasteiger partial charge on any atom is 0.322 e. The second kappa shape index (κ2) is 10.8. The van der Waals surface area contributed by atoms with E-state index < -0.39 is 22.4 Å². The second-order valence-corrected chi connectivity index (χ2v) is 12.2. The number of carbonyl (C=O) groups excluding carboxylic acids is 1. The van der Waals surface area contributed by atoms with Gasteiger partial charge < -0.3 is 20.2 Å². The molecule has 2 saturated carbocycles. The lowest BCUT2D eigenvalue weighted by Gasteiger charge is -2.37. The molecule has 2 unspecified atom stereocenters. The van der Waals surface area contributed by atoms with Gasteiger partial charge in [0.2, 0.25) is 0 Å². The number of rotatable bonds is 8. The third-order valence-electron chi connectivity index (χ3n) is 8.45. The molecule has 37 heavy (non-hydrogen) atoms. The first kappa shape index (κ1) is 26.3. The van der Waals surface area contributed by atoms with E-state index in [0.29, 0.717) is 19.0 Å². The highest BCUT2D eigenvalue weighted by Gasteiger charge is 2.58. The number of nitrogens with one attached hydrogen (secondary N) is 1. The number of nitrogens with zero attached hydrogens (tertiary/aromatic N) is 2. The molecule has 0 radical (unpaired) electrons. The Labute approximate surface area is 219 Å². The fourth-order valence-electron chi connectivity index (χ4n) is 6.33. The van der Waals surface area contributed by atoms with Crippen LogP contribution < -0.4 is 5.32 Å². The van der Waals surface area contributed by atoms with Gasteiger partial charge in [0.15, 0.2) is 11.6 Å². The molecule has 2 aromatic rings. The van der Waals surface area contributed by atoms with Gasteiger partial charge >= 0.3 is 6.03 Å². The van der Waals surface area contributed by atoms with Crippen LogP contribution in [-0.2, 0) is 16.2 Å². The minimum Gasteiger partial charge on any atom is -0.392 e. The van der Waals surface area contributed by atoms with E-state index in [0.717, 1.165) is 68.6 Å². The van der Waals surface area contributed by atoms with Crippen LogP contribution in [0.4, 0.5) is 19.3 Å². The maximum absolute atomic E-state index is 13.7. The van der Waals surface area contributed by atoms with E-state index in [9.17, 15) is 22.9 Å². The molecule has 2 amide bonds. The Hall–Kier alpha value is -2.36. The number of carbonyl (C=O) groups is 1. The van der Waals surface area contributed by atoms with Crippen LogP contribution in [0.25, 0.3) is 0 Å². The van der Waals surface area contributed by atoms with Gasteiger partial charge in [0.25, 0.3) is 0 Å². The maximum atomic E-state index is 13.7. The Bertz CT molecular complexity index is 1180. The Morgan fingerprint density at radius 2 is 2.05 bits per heavy atom. The van der Waals surface area contributed by atoms with E-state index in [1.807, 2.05) is 17.0 Å². The quantitative estimate of drug-likeness (QED) is 0.526. The number of likely N-dealkylation sites (tertiary alicyclic amines) is 1. The number of amides is 2. The van der Waals surface area contributed by atoms with Gasteiger partial charge in [-0.3, -0.25) is 4.21 Å². The molecule has 1 heterocycles. The second-order valence-electron chi connectivity index (χ2n) is 10.8. The van der Waals surface area contributed by atoms with Crippen LogP contribution in [0.5, 0.6) is 0 Å². The van der Waals surface area contributed by atoms with Crippen molar-refractivity contribution < 1.29 is 22.9 Å². The molecule has 0 bridgehead atoms. The lowest BCUT2D eigenvalue weighted by Crippen LogP contribution is -2.46. The predicted molar refractivity (Wildman–Crippen MR) is 140 cm³/mol. The monoisotopic (exact) mass is 531 g/mol. The van der Waals surface area contributed by atoms with E-state index in [-0.39, 0.29) is 29.3 Å². The summed E-state index contributed by atoms with van der Waals surface area (Å²) < 4.78 is 39.1. The summed E-state index contributed by atoms with van der Waals surface area (Å²) in [4.78, 5) is 18.3. The molecule has 1 saturated heterocycles. The standard InChI is InChI=1S/C28H35F2N3O3S/c1-37(36)24-5-2-4-19(15-24)28-10-8-22(14-20(28)17-28)33(12-3-11-32-13-9-23(34)18-32)27(35)31-21-6-7-25(29)26(30)16-21/h2,4-7,15-16,20,22-23,34H,3,8-14,17-18H2,1H3,(H,31,35)/t20-,22?,23+,28-,37?/m1/s1. The first-order valence-corrected chi connectivity index (χ1v) is 14.7. The Morgan fingerprint density at radius 3 is 2.76 bits per heavy atom. The van der Waals surface area contributed by atoms with Crippen molar-refractivity contribution >= 4 is 22.5 Å². The van der Waals surface area contributed by atoms with Crippen molar-refractivity contribution in [3.8, 4) is 0 Å².